The van der Waals surface area contributed by atoms with E-state index in [9.17, 15) is 4.79 Å². The number of halogens is 1. The molecule has 3 aromatic rings. The van der Waals surface area contributed by atoms with Gasteiger partial charge in [0.15, 0.2) is 11.5 Å². The largest absolute Gasteiger partial charge is 0.493 e. The first-order valence-corrected chi connectivity index (χ1v) is 8.31. The number of ether oxygens (including phenoxy) is 2. The number of carbonyl (C=O) groups is 1. The van der Waals surface area contributed by atoms with Crippen molar-refractivity contribution in [3.8, 4) is 11.5 Å². The van der Waals surface area contributed by atoms with E-state index >= 15 is 0 Å². The second-order valence-corrected chi connectivity index (χ2v) is 5.89. The minimum Gasteiger partial charge on any atom is -0.493 e. The first-order valence-electron chi connectivity index (χ1n) is 7.93. The van der Waals surface area contributed by atoms with Crippen LogP contribution in [-0.4, -0.2) is 18.0 Å². The highest BCUT2D eigenvalue weighted by molar-refractivity contribution is 6.30. The van der Waals surface area contributed by atoms with Gasteiger partial charge in [0.2, 0.25) is 0 Å². The lowest BCUT2D eigenvalue weighted by atomic mass is 10.2. The maximum Gasteiger partial charge on any atom is 0.256 e. The van der Waals surface area contributed by atoms with Gasteiger partial charge in [-0.2, -0.15) is 0 Å². The molecule has 1 N–H and O–H groups in total. The van der Waals surface area contributed by atoms with Gasteiger partial charge in [-0.25, -0.2) is 4.98 Å². The van der Waals surface area contributed by atoms with Crippen LogP contribution in [0, 0.1) is 0 Å². The molecule has 3 rings (SSSR count). The van der Waals surface area contributed by atoms with Crippen molar-refractivity contribution in [2.45, 2.75) is 6.61 Å². The highest BCUT2D eigenvalue weighted by atomic mass is 35.5. The number of carbonyl (C=O) groups excluding carboxylic acids is 1. The monoisotopic (exact) mass is 368 g/mol. The molecule has 26 heavy (non-hydrogen) atoms. The number of nitrogens with zero attached hydrogens (tertiary/aromatic N) is 1. The van der Waals surface area contributed by atoms with Gasteiger partial charge in [0.05, 0.1) is 7.11 Å². The van der Waals surface area contributed by atoms with E-state index in [-0.39, 0.29) is 5.91 Å². The van der Waals surface area contributed by atoms with E-state index < -0.39 is 0 Å². The third-order valence-electron chi connectivity index (χ3n) is 3.64. The molecular formula is C20H17ClN2O3. The van der Waals surface area contributed by atoms with Crippen LogP contribution in [0.1, 0.15) is 15.9 Å². The zero-order valence-corrected chi connectivity index (χ0v) is 14.9. The van der Waals surface area contributed by atoms with Crippen LogP contribution in [-0.2, 0) is 6.61 Å². The van der Waals surface area contributed by atoms with Crippen LogP contribution in [0.25, 0.3) is 0 Å². The Hall–Kier alpha value is -3.05. The average molecular weight is 369 g/mol. The molecule has 0 unspecified atom stereocenters. The fourth-order valence-corrected chi connectivity index (χ4v) is 2.42. The molecule has 1 aromatic heterocycles. The quantitative estimate of drug-likeness (QED) is 0.692. The molecule has 0 saturated carbocycles. The van der Waals surface area contributed by atoms with Crippen molar-refractivity contribution in [3.63, 3.8) is 0 Å². The molecule has 0 aliphatic rings. The summed E-state index contributed by atoms with van der Waals surface area (Å²) in [7, 11) is 1.53. The summed E-state index contributed by atoms with van der Waals surface area (Å²) in [6.07, 6.45) is 1.61. The van der Waals surface area contributed by atoms with Crippen LogP contribution in [0.2, 0.25) is 5.02 Å². The van der Waals surface area contributed by atoms with E-state index in [1.807, 2.05) is 24.3 Å². The van der Waals surface area contributed by atoms with E-state index in [1.165, 1.54) is 7.11 Å². The molecule has 0 spiro atoms. The zero-order valence-electron chi connectivity index (χ0n) is 14.1. The topological polar surface area (TPSA) is 60.5 Å². The van der Waals surface area contributed by atoms with Crippen molar-refractivity contribution in [1.29, 1.82) is 0 Å². The zero-order chi connectivity index (χ0) is 18.4. The first kappa shape index (κ1) is 17.8. The lowest BCUT2D eigenvalue weighted by Crippen LogP contribution is -2.13. The summed E-state index contributed by atoms with van der Waals surface area (Å²) < 4.78 is 11.1. The molecule has 0 bridgehead atoms. The molecule has 0 saturated heterocycles. The van der Waals surface area contributed by atoms with Crippen molar-refractivity contribution in [2.24, 2.45) is 0 Å². The minimum atomic E-state index is -0.272. The molecular weight excluding hydrogens is 352 g/mol. The number of anilines is 1. The Labute approximate surface area is 156 Å². The second-order valence-electron chi connectivity index (χ2n) is 5.45. The fraction of sp³-hybridized carbons (Fsp3) is 0.100. The second kappa shape index (κ2) is 8.36. The SMILES string of the molecule is COc1cc(C(=O)Nc2ccccn2)ccc1OCc1ccc(Cl)cc1. The first-order chi connectivity index (χ1) is 12.7. The Morgan fingerprint density at radius 2 is 1.88 bits per heavy atom. The van der Waals surface area contributed by atoms with E-state index in [2.05, 4.69) is 10.3 Å². The maximum atomic E-state index is 12.3. The number of methoxy groups -OCH3 is 1. The summed E-state index contributed by atoms with van der Waals surface area (Å²) in [5.41, 5.74) is 1.43. The average Bonchev–Trinajstić information content (AvgIpc) is 2.68. The molecule has 0 fully saturated rings. The normalized spacial score (nSPS) is 10.2. The highest BCUT2D eigenvalue weighted by Crippen LogP contribution is 2.29. The van der Waals surface area contributed by atoms with Crippen molar-refractivity contribution in [3.05, 3.63) is 83.0 Å². The summed E-state index contributed by atoms with van der Waals surface area (Å²) in [4.78, 5) is 16.4. The molecule has 1 amide bonds. The molecule has 0 radical (unpaired) electrons. The number of aromatic nitrogens is 1. The summed E-state index contributed by atoms with van der Waals surface area (Å²) in [5.74, 6) is 1.25. The Morgan fingerprint density at radius 3 is 2.58 bits per heavy atom. The predicted octanol–water partition coefficient (Wildman–Crippen LogP) is 4.57. The van der Waals surface area contributed by atoms with E-state index in [0.29, 0.717) is 34.5 Å². The molecule has 1 heterocycles. The number of benzene rings is 2. The van der Waals surface area contributed by atoms with Crippen LogP contribution >= 0.6 is 11.6 Å². The standard InChI is InChI=1S/C20H17ClN2O3/c1-25-18-12-15(20(24)23-19-4-2-3-11-22-19)7-10-17(18)26-13-14-5-8-16(21)9-6-14/h2-12H,13H2,1H3,(H,22,23,24). The van der Waals surface area contributed by atoms with Crippen molar-refractivity contribution < 1.29 is 14.3 Å². The molecule has 0 atom stereocenters. The molecule has 132 valence electrons. The van der Waals surface area contributed by atoms with Gasteiger partial charge in [0, 0.05) is 16.8 Å². The van der Waals surface area contributed by atoms with E-state index in [0.717, 1.165) is 5.56 Å². The molecule has 2 aromatic carbocycles. The third kappa shape index (κ3) is 4.52. The highest BCUT2D eigenvalue weighted by Gasteiger charge is 2.12. The number of amides is 1. The van der Waals surface area contributed by atoms with Gasteiger partial charge in [0.25, 0.3) is 5.91 Å². The summed E-state index contributed by atoms with van der Waals surface area (Å²) in [6, 6.07) is 17.7. The molecule has 0 aliphatic carbocycles. The number of nitrogens with one attached hydrogen (secondary N) is 1. The Morgan fingerprint density at radius 1 is 1.08 bits per heavy atom. The molecule has 6 heteroatoms. The Bertz CT molecular complexity index is 883. The number of pyridine rings is 1. The summed E-state index contributed by atoms with van der Waals surface area (Å²) in [6.45, 7) is 0.368. The van der Waals surface area contributed by atoms with Gasteiger partial charge in [-0.3, -0.25) is 4.79 Å². The summed E-state index contributed by atoms with van der Waals surface area (Å²) >= 11 is 5.88. The van der Waals surface area contributed by atoms with Gasteiger partial charge < -0.3 is 14.8 Å². The summed E-state index contributed by atoms with van der Waals surface area (Å²) in [5, 5.41) is 3.41. The van der Waals surface area contributed by atoms with Crippen LogP contribution in [0.3, 0.4) is 0 Å². The smallest absolute Gasteiger partial charge is 0.256 e. The molecule has 5 nitrogen and oxygen atoms in total. The lowest BCUT2D eigenvalue weighted by molar-refractivity contribution is 0.102. The van der Waals surface area contributed by atoms with Crippen LogP contribution in [0.5, 0.6) is 11.5 Å². The van der Waals surface area contributed by atoms with Crippen molar-refractivity contribution >= 4 is 23.3 Å². The van der Waals surface area contributed by atoms with Crippen LogP contribution in [0.15, 0.2) is 66.9 Å². The van der Waals surface area contributed by atoms with Crippen molar-refractivity contribution in [1.82, 2.24) is 4.98 Å². The van der Waals surface area contributed by atoms with Crippen molar-refractivity contribution in [2.75, 3.05) is 12.4 Å². The molecule has 0 aliphatic heterocycles. The third-order valence-corrected chi connectivity index (χ3v) is 3.89. The van der Waals surface area contributed by atoms with Gasteiger partial charge in [-0.15, -0.1) is 0 Å². The number of rotatable bonds is 6. The van der Waals surface area contributed by atoms with Gasteiger partial charge in [-0.05, 0) is 48.0 Å². The predicted molar refractivity (Wildman–Crippen MR) is 101 cm³/mol. The maximum absolute atomic E-state index is 12.3. The van der Waals surface area contributed by atoms with Gasteiger partial charge >= 0.3 is 0 Å². The van der Waals surface area contributed by atoms with Gasteiger partial charge in [0.1, 0.15) is 12.4 Å². The lowest BCUT2D eigenvalue weighted by Gasteiger charge is -2.12. The Balaban J connectivity index is 1.70. The van der Waals surface area contributed by atoms with Crippen LogP contribution in [0.4, 0.5) is 5.82 Å². The number of hydrogen-bond acceptors (Lipinski definition) is 4. The fourth-order valence-electron chi connectivity index (χ4n) is 2.29. The van der Waals surface area contributed by atoms with Gasteiger partial charge in [-0.1, -0.05) is 29.8 Å². The number of hydrogen-bond donors (Lipinski definition) is 1. The van der Waals surface area contributed by atoms with E-state index in [1.54, 1.807) is 42.6 Å². The van der Waals surface area contributed by atoms with Crippen LogP contribution < -0.4 is 14.8 Å². The minimum absolute atomic E-state index is 0.272. The Kier molecular flexibility index (Phi) is 5.71. The van der Waals surface area contributed by atoms with E-state index in [4.69, 9.17) is 21.1 Å².